The third-order valence-corrected chi connectivity index (χ3v) is 2.40. The minimum Gasteiger partial charge on any atom is -0.360 e. The molecule has 1 aromatic rings. The summed E-state index contributed by atoms with van der Waals surface area (Å²) in [5.74, 6) is 0.940. The van der Waals surface area contributed by atoms with Crippen molar-refractivity contribution in [3.8, 4) is 0 Å². The van der Waals surface area contributed by atoms with E-state index in [4.69, 9.17) is 12.2 Å². The molecule has 13 heavy (non-hydrogen) atoms. The molecule has 0 atom stereocenters. The van der Waals surface area contributed by atoms with E-state index < -0.39 is 0 Å². The summed E-state index contributed by atoms with van der Waals surface area (Å²) in [5, 5.41) is 3.88. The summed E-state index contributed by atoms with van der Waals surface area (Å²) in [6, 6.07) is 4.02. The van der Waals surface area contributed by atoms with Gasteiger partial charge in [-0.05, 0) is 36.8 Å². The lowest BCUT2D eigenvalue weighted by atomic mass is 10.3. The molecule has 0 aromatic carbocycles. The highest BCUT2D eigenvalue weighted by atomic mass is 32.1. The molecule has 0 spiro atoms. The fourth-order valence-electron chi connectivity index (χ4n) is 1.36. The van der Waals surface area contributed by atoms with Gasteiger partial charge < -0.3 is 10.2 Å². The molecule has 0 unspecified atom stereocenters. The Morgan fingerprint density at radius 1 is 1.62 bits per heavy atom. The third kappa shape index (κ3) is 1.62. The van der Waals surface area contributed by atoms with Crippen LogP contribution in [0.3, 0.4) is 0 Å². The molecule has 0 saturated carbocycles. The average molecular weight is 193 g/mol. The van der Waals surface area contributed by atoms with Crippen LogP contribution in [0, 0.1) is 6.92 Å². The molecule has 0 aliphatic carbocycles. The molecular formula is C9H11N3S. The van der Waals surface area contributed by atoms with Gasteiger partial charge in [0.2, 0.25) is 0 Å². The van der Waals surface area contributed by atoms with Crippen LogP contribution < -0.4 is 10.2 Å². The van der Waals surface area contributed by atoms with Crippen molar-refractivity contribution < 1.29 is 0 Å². The molecule has 0 radical (unpaired) electrons. The molecule has 1 aliphatic rings. The topological polar surface area (TPSA) is 28.2 Å². The number of thiocarbonyl (C=S) groups is 1. The van der Waals surface area contributed by atoms with Crippen LogP contribution in [0.2, 0.25) is 0 Å². The molecule has 0 bridgehead atoms. The smallest absolute Gasteiger partial charge is 0.174 e. The van der Waals surface area contributed by atoms with Crippen molar-refractivity contribution in [2.45, 2.75) is 6.92 Å². The maximum atomic E-state index is 5.14. The molecule has 2 rings (SSSR count). The first-order valence-corrected chi connectivity index (χ1v) is 4.66. The average Bonchev–Trinajstić information content (AvgIpc) is 2.51. The first-order chi connectivity index (χ1) is 6.27. The third-order valence-electron chi connectivity index (χ3n) is 2.03. The van der Waals surface area contributed by atoms with E-state index in [9.17, 15) is 0 Å². The number of hydrogen-bond donors (Lipinski definition) is 1. The van der Waals surface area contributed by atoms with Gasteiger partial charge in [0.15, 0.2) is 5.11 Å². The number of nitrogens with zero attached hydrogens (tertiary/aromatic N) is 2. The maximum Gasteiger partial charge on any atom is 0.174 e. The van der Waals surface area contributed by atoms with Gasteiger partial charge in [0.05, 0.1) is 0 Å². The van der Waals surface area contributed by atoms with Crippen molar-refractivity contribution in [3.05, 3.63) is 23.9 Å². The molecule has 1 N–H and O–H groups in total. The van der Waals surface area contributed by atoms with Crippen LogP contribution in [0.1, 0.15) is 5.56 Å². The minimum atomic E-state index is 0.776. The lowest BCUT2D eigenvalue weighted by Gasteiger charge is -2.15. The zero-order valence-corrected chi connectivity index (χ0v) is 8.27. The van der Waals surface area contributed by atoms with E-state index in [0.717, 1.165) is 24.0 Å². The van der Waals surface area contributed by atoms with Crippen LogP contribution in [0.25, 0.3) is 0 Å². The highest BCUT2D eigenvalue weighted by Gasteiger charge is 2.18. The van der Waals surface area contributed by atoms with E-state index in [1.54, 1.807) is 0 Å². The monoisotopic (exact) mass is 193 g/mol. The Balaban J connectivity index is 2.29. The van der Waals surface area contributed by atoms with Gasteiger partial charge in [-0.2, -0.15) is 0 Å². The molecule has 1 fully saturated rings. The lowest BCUT2D eigenvalue weighted by Crippen LogP contribution is -2.28. The summed E-state index contributed by atoms with van der Waals surface area (Å²) >= 11 is 5.14. The number of aromatic nitrogens is 1. The first kappa shape index (κ1) is 8.44. The number of nitrogens with one attached hydrogen (secondary N) is 1. The predicted molar refractivity (Wildman–Crippen MR) is 56.9 cm³/mol. The Morgan fingerprint density at radius 3 is 3.08 bits per heavy atom. The van der Waals surface area contributed by atoms with Crippen molar-refractivity contribution in [1.82, 2.24) is 10.3 Å². The van der Waals surface area contributed by atoms with Crippen LogP contribution in [0.15, 0.2) is 18.3 Å². The van der Waals surface area contributed by atoms with Gasteiger partial charge in [0, 0.05) is 19.3 Å². The highest BCUT2D eigenvalue weighted by molar-refractivity contribution is 7.80. The van der Waals surface area contributed by atoms with Crippen molar-refractivity contribution >= 4 is 23.1 Å². The summed E-state index contributed by atoms with van der Waals surface area (Å²) in [4.78, 5) is 6.29. The van der Waals surface area contributed by atoms with E-state index in [0.29, 0.717) is 0 Å². The van der Waals surface area contributed by atoms with Crippen molar-refractivity contribution in [2.75, 3.05) is 18.0 Å². The van der Waals surface area contributed by atoms with Crippen LogP contribution >= 0.6 is 12.2 Å². The Hall–Kier alpha value is -1.16. The van der Waals surface area contributed by atoms with Crippen molar-refractivity contribution in [1.29, 1.82) is 0 Å². The zero-order valence-electron chi connectivity index (χ0n) is 7.45. The normalized spacial score (nSPS) is 16.1. The fraction of sp³-hybridized carbons (Fsp3) is 0.333. The predicted octanol–water partition coefficient (Wildman–Crippen LogP) is 1.08. The Morgan fingerprint density at radius 2 is 2.46 bits per heavy atom. The summed E-state index contributed by atoms with van der Waals surface area (Å²) in [6.45, 7) is 3.88. The van der Waals surface area contributed by atoms with Crippen LogP contribution in [0.4, 0.5) is 5.82 Å². The number of anilines is 1. The van der Waals surface area contributed by atoms with E-state index in [2.05, 4.69) is 17.2 Å². The number of rotatable bonds is 1. The molecule has 1 aliphatic heterocycles. The van der Waals surface area contributed by atoms with E-state index in [1.807, 2.05) is 23.2 Å². The van der Waals surface area contributed by atoms with Gasteiger partial charge in [-0.1, -0.05) is 0 Å². The van der Waals surface area contributed by atoms with Gasteiger partial charge in [0.25, 0.3) is 0 Å². The zero-order chi connectivity index (χ0) is 9.26. The summed E-state index contributed by atoms with van der Waals surface area (Å²) < 4.78 is 0. The van der Waals surface area contributed by atoms with Gasteiger partial charge >= 0.3 is 0 Å². The molecule has 68 valence electrons. The molecule has 3 nitrogen and oxygen atoms in total. The molecule has 1 saturated heterocycles. The highest BCUT2D eigenvalue weighted by Crippen LogP contribution is 2.13. The van der Waals surface area contributed by atoms with Crippen LogP contribution in [-0.2, 0) is 0 Å². The lowest BCUT2D eigenvalue weighted by molar-refractivity contribution is 0.965. The Bertz CT molecular complexity index is 337. The molecular weight excluding hydrogens is 182 g/mol. The van der Waals surface area contributed by atoms with Gasteiger partial charge in [-0.25, -0.2) is 4.98 Å². The molecule has 4 heteroatoms. The minimum absolute atomic E-state index is 0.776. The first-order valence-electron chi connectivity index (χ1n) is 4.25. The van der Waals surface area contributed by atoms with E-state index in [-0.39, 0.29) is 0 Å². The maximum absolute atomic E-state index is 5.14. The van der Waals surface area contributed by atoms with Crippen molar-refractivity contribution in [2.24, 2.45) is 0 Å². The van der Waals surface area contributed by atoms with Crippen LogP contribution in [0.5, 0.6) is 0 Å². The number of aryl methyl sites for hydroxylation is 1. The van der Waals surface area contributed by atoms with E-state index >= 15 is 0 Å². The van der Waals surface area contributed by atoms with E-state index in [1.165, 1.54) is 5.56 Å². The number of hydrogen-bond acceptors (Lipinski definition) is 2. The number of pyridine rings is 1. The second-order valence-corrected chi connectivity index (χ2v) is 3.46. The quantitative estimate of drug-likeness (QED) is 0.676. The summed E-state index contributed by atoms with van der Waals surface area (Å²) in [6.07, 6.45) is 1.81. The van der Waals surface area contributed by atoms with Crippen LogP contribution in [-0.4, -0.2) is 23.2 Å². The Kier molecular flexibility index (Phi) is 2.14. The summed E-state index contributed by atoms with van der Waals surface area (Å²) in [7, 11) is 0. The standard InChI is InChI=1S/C9H11N3S/c1-7-2-3-10-8(6-7)12-5-4-11-9(12)13/h2-3,6H,4-5H2,1H3,(H,11,13). The molecule has 2 heterocycles. The SMILES string of the molecule is Cc1ccnc(N2CCNC2=S)c1. The van der Waals surface area contributed by atoms with Crippen molar-refractivity contribution in [3.63, 3.8) is 0 Å². The Labute approximate surface area is 82.8 Å². The second-order valence-electron chi connectivity index (χ2n) is 3.07. The second kappa shape index (κ2) is 3.30. The van der Waals surface area contributed by atoms with Gasteiger partial charge in [-0.15, -0.1) is 0 Å². The molecule has 0 amide bonds. The fourth-order valence-corrected chi connectivity index (χ4v) is 1.64. The van der Waals surface area contributed by atoms with Gasteiger partial charge in [0.1, 0.15) is 5.82 Å². The largest absolute Gasteiger partial charge is 0.360 e. The molecule has 1 aromatic heterocycles. The van der Waals surface area contributed by atoms with Gasteiger partial charge in [-0.3, -0.25) is 0 Å². The summed E-state index contributed by atoms with van der Waals surface area (Å²) in [5.41, 5.74) is 1.21.